The molecule has 0 unspecified atom stereocenters. The maximum Gasteiger partial charge on any atom is 0.225 e. The number of hydrogen-bond acceptors (Lipinski definition) is 3. The van der Waals surface area contributed by atoms with Gasteiger partial charge in [0.05, 0.1) is 5.71 Å². The molecule has 0 aromatic carbocycles. The number of piperidine rings is 1. The minimum Gasteiger partial charge on any atom is -0.411 e. The van der Waals surface area contributed by atoms with Crippen LogP contribution in [0.4, 0.5) is 0 Å². The predicted molar refractivity (Wildman–Crippen MR) is 57.0 cm³/mol. The lowest BCUT2D eigenvalue weighted by atomic mass is 10.0. The van der Waals surface area contributed by atoms with E-state index < -0.39 is 0 Å². The predicted octanol–water partition coefficient (Wildman–Crippen LogP) is 1.63. The molecule has 4 nitrogen and oxygen atoms in total. The molecule has 1 N–H and O–H groups in total. The van der Waals surface area contributed by atoms with Crippen molar-refractivity contribution in [3.05, 3.63) is 0 Å². The van der Waals surface area contributed by atoms with E-state index in [0.717, 1.165) is 44.5 Å². The highest BCUT2D eigenvalue weighted by Crippen LogP contribution is 2.27. The first kappa shape index (κ1) is 10.5. The Balaban J connectivity index is 1.87. The van der Waals surface area contributed by atoms with Crippen LogP contribution in [0.3, 0.4) is 0 Å². The Bertz CT molecular complexity index is 260. The van der Waals surface area contributed by atoms with E-state index in [1.165, 1.54) is 12.8 Å². The number of oxime groups is 1. The minimum absolute atomic E-state index is 0.276. The maximum atomic E-state index is 12.0. The van der Waals surface area contributed by atoms with Crippen molar-refractivity contribution < 1.29 is 10.0 Å². The average Bonchev–Trinajstić information content (AvgIpc) is 2.82. The lowest BCUT2D eigenvalue weighted by Crippen LogP contribution is -2.41. The third-order valence-corrected chi connectivity index (χ3v) is 3.50. The molecule has 1 amide bonds. The summed E-state index contributed by atoms with van der Waals surface area (Å²) in [6, 6.07) is 0. The largest absolute Gasteiger partial charge is 0.411 e. The number of rotatable bonds is 1. The number of carbonyl (C=O) groups is 1. The number of carbonyl (C=O) groups excluding carboxylic acids is 1. The highest BCUT2D eigenvalue weighted by molar-refractivity contribution is 5.87. The molecule has 1 heterocycles. The molecule has 1 aliphatic heterocycles. The molecular weight excluding hydrogens is 192 g/mol. The summed E-state index contributed by atoms with van der Waals surface area (Å²) in [5, 5.41) is 11.8. The Morgan fingerprint density at radius 1 is 1.27 bits per heavy atom. The first-order valence-electron chi connectivity index (χ1n) is 5.80. The van der Waals surface area contributed by atoms with Gasteiger partial charge in [0.2, 0.25) is 5.91 Å². The zero-order chi connectivity index (χ0) is 10.7. The molecular formula is C11H18N2O2. The Hall–Kier alpha value is -1.06. The second kappa shape index (κ2) is 4.64. The molecule has 0 radical (unpaired) electrons. The van der Waals surface area contributed by atoms with Crippen LogP contribution in [0.25, 0.3) is 0 Å². The molecule has 0 spiro atoms. The monoisotopic (exact) mass is 210 g/mol. The zero-order valence-corrected chi connectivity index (χ0v) is 8.98. The summed E-state index contributed by atoms with van der Waals surface area (Å²) < 4.78 is 0. The smallest absolute Gasteiger partial charge is 0.225 e. The first-order valence-corrected chi connectivity index (χ1v) is 5.80. The van der Waals surface area contributed by atoms with Gasteiger partial charge in [0.1, 0.15) is 0 Å². The van der Waals surface area contributed by atoms with Crippen LogP contribution in [0.5, 0.6) is 0 Å². The lowest BCUT2D eigenvalue weighted by molar-refractivity contribution is -0.135. The van der Waals surface area contributed by atoms with Crippen molar-refractivity contribution in [1.82, 2.24) is 4.90 Å². The van der Waals surface area contributed by atoms with E-state index in [1.807, 2.05) is 4.90 Å². The van der Waals surface area contributed by atoms with Crippen molar-refractivity contribution in [2.75, 3.05) is 13.1 Å². The van der Waals surface area contributed by atoms with E-state index in [1.54, 1.807) is 0 Å². The number of amides is 1. The molecule has 1 aliphatic carbocycles. The third-order valence-electron chi connectivity index (χ3n) is 3.50. The van der Waals surface area contributed by atoms with Crippen LogP contribution in [0.1, 0.15) is 38.5 Å². The Morgan fingerprint density at radius 3 is 2.40 bits per heavy atom. The van der Waals surface area contributed by atoms with Gasteiger partial charge < -0.3 is 10.1 Å². The normalized spacial score (nSPS) is 23.2. The van der Waals surface area contributed by atoms with Gasteiger partial charge in [-0.2, -0.15) is 0 Å². The number of nitrogens with zero attached hydrogens (tertiary/aromatic N) is 2. The van der Waals surface area contributed by atoms with Crippen LogP contribution >= 0.6 is 0 Å². The van der Waals surface area contributed by atoms with E-state index in [9.17, 15) is 4.79 Å². The quantitative estimate of drug-likeness (QED) is 0.528. The Labute approximate surface area is 89.9 Å². The van der Waals surface area contributed by atoms with Crippen LogP contribution in [-0.4, -0.2) is 34.8 Å². The van der Waals surface area contributed by atoms with Crippen molar-refractivity contribution in [2.45, 2.75) is 38.5 Å². The Kier molecular flexibility index (Phi) is 3.23. The van der Waals surface area contributed by atoms with E-state index in [2.05, 4.69) is 5.16 Å². The van der Waals surface area contributed by atoms with Gasteiger partial charge >= 0.3 is 0 Å². The Morgan fingerprint density at radius 2 is 1.87 bits per heavy atom. The van der Waals surface area contributed by atoms with Crippen LogP contribution < -0.4 is 0 Å². The second-order valence-electron chi connectivity index (χ2n) is 4.47. The molecule has 0 aromatic heterocycles. The molecule has 2 rings (SSSR count). The average molecular weight is 210 g/mol. The van der Waals surface area contributed by atoms with Crippen molar-refractivity contribution in [3.63, 3.8) is 0 Å². The van der Waals surface area contributed by atoms with Gasteiger partial charge in [-0.25, -0.2) is 0 Å². The third kappa shape index (κ3) is 2.30. The molecule has 2 fully saturated rings. The van der Waals surface area contributed by atoms with Crippen molar-refractivity contribution in [3.8, 4) is 0 Å². The summed E-state index contributed by atoms with van der Waals surface area (Å²) in [7, 11) is 0. The lowest BCUT2D eigenvalue weighted by Gasteiger charge is -2.29. The van der Waals surface area contributed by atoms with E-state index in [-0.39, 0.29) is 5.92 Å². The number of likely N-dealkylation sites (tertiary alicyclic amines) is 1. The van der Waals surface area contributed by atoms with Gasteiger partial charge in [-0.1, -0.05) is 18.0 Å². The summed E-state index contributed by atoms with van der Waals surface area (Å²) in [6.45, 7) is 1.46. The van der Waals surface area contributed by atoms with Gasteiger partial charge in [0.25, 0.3) is 0 Å². The van der Waals surface area contributed by atoms with Gasteiger partial charge in [0.15, 0.2) is 0 Å². The van der Waals surface area contributed by atoms with Gasteiger partial charge in [-0.3, -0.25) is 4.79 Å². The summed E-state index contributed by atoms with van der Waals surface area (Å²) in [5.74, 6) is 0.599. The summed E-state index contributed by atoms with van der Waals surface area (Å²) in [4.78, 5) is 14.0. The SMILES string of the molecule is O=C(C1CCCC1)N1CCC(=NO)CC1. The minimum atomic E-state index is 0.276. The van der Waals surface area contributed by atoms with E-state index in [4.69, 9.17) is 5.21 Å². The van der Waals surface area contributed by atoms with Gasteiger partial charge in [-0.05, 0) is 12.8 Å². The van der Waals surface area contributed by atoms with Crippen molar-refractivity contribution in [2.24, 2.45) is 11.1 Å². The first-order chi connectivity index (χ1) is 7.31. The van der Waals surface area contributed by atoms with Crippen molar-refractivity contribution in [1.29, 1.82) is 0 Å². The second-order valence-corrected chi connectivity index (χ2v) is 4.47. The molecule has 15 heavy (non-hydrogen) atoms. The van der Waals surface area contributed by atoms with Crippen LogP contribution in [0.2, 0.25) is 0 Å². The molecule has 0 bridgehead atoms. The fourth-order valence-corrected chi connectivity index (χ4v) is 2.52. The van der Waals surface area contributed by atoms with Gasteiger partial charge in [-0.15, -0.1) is 0 Å². The number of hydrogen-bond donors (Lipinski definition) is 1. The molecule has 84 valence electrons. The fraction of sp³-hybridized carbons (Fsp3) is 0.818. The standard InChI is InChI=1S/C11H18N2O2/c14-11(9-3-1-2-4-9)13-7-5-10(12-15)6-8-13/h9,15H,1-8H2. The molecule has 1 saturated carbocycles. The highest BCUT2D eigenvalue weighted by atomic mass is 16.4. The highest BCUT2D eigenvalue weighted by Gasteiger charge is 2.28. The molecule has 0 aromatic rings. The summed E-state index contributed by atoms with van der Waals surface area (Å²) >= 11 is 0. The van der Waals surface area contributed by atoms with Crippen LogP contribution in [-0.2, 0) is 4.79 Å². The zero-order valence-electron chi connectivity index (χ0n) is 8.98. The van der Waals surface area contributed by atoms with Crippen molar-refractivity contribution >= 4 is 11.6 Å². The van der Waals surface area contributed by atoms with E-state index >= 15 is 0 Å². The maximum absolute atomic E-state index is 12.0. The van der Waals surface area contributed by atoms with Gasteiger partial charge in [0, 0.05) is 31.8 Å². The van der Waals surface area contributed by atoms with Crippen LogP contribution in [0.15, 0.2) is 5.16 Å². The molecule has 2 aliphatic rings. The van der Waals surface area contributed by atoms with Crippen LogP contribution in [0, 0.1) is 5.92 Å². The summed E-state index contributed by atoms with van der Waals surface area (Å²) in [6.07, 6.45) is 6.00. The topological polar surface area (TPSA) is 52.9 Å². The molecule has 0 atom stereocenters. The fourth-order valence-electron chi connectivity index (χ4n) is 2.52. The summed E-state index contributed by atoms with van der Waals surface area (Å²) in [5.41, 5.74) is 0.825. The molecule has 4 heteroatoms. The molecule has 1 saturated heterocycles. The van der Waals surface area contributed by atoms with E-state index in [0.29, 0.717) is 5.91 Å².